The monoisotopic (exact) mass is 293 g/mol. The minimum atomic E-state index is -4.44. The van der Waals surface area contributed by atoms with Gasteiger partial charge in [-0.15, -0.1) is 0 Å². The van der Waals surface area contributed by atoms with Crippen molar-refractivity contribution >= 4 is 11.7 Å². The molecule has 2 N–H and O–H groups in total. The minimum Gasteiger partial charge on any atom is -0.491 e. The lowest BCUT2D eigenvalue weighted by molar-refractivity contribution is -0.200. The summed E-state index contributed by atoms with van der Waals surface area (Å²) in [5.41, 5.74) is 6.03. The van der Waals surface area contributed by atoms with Crippen LogP contribution in [0.15, 0.2) is 24.3 Å². The van der Waals surface area contributed by atoms with E-state index in [0.717, 1.165) is 0 Å². The van der Waals surface area contributed by atoms with Crippen molar-refractivity contribution in [1.82, 2.24) is 0 Å². The summed E-state index contributed by atoms with van der Waals surface area (Å²) < 4.78 is 48.9. The quantitative estimate of drug-likeness (QED) is 0.361. The predicted octanol–water partition coefficient (Wildman–Crippen LogP) is 2.12. The number of anilines is 1. The molecule has 0 unspecified atom stereocenters. The molecule has 0 bridgehead atoms. The van der Waals surface area contributed by atoms with E-state index in [2.05, 4.69) is 9.47 Å². The van der Waals surface area contributed by atoms with Crippen LogP contribution >= 0.6 is 0 Å². The zero-order valence-corrected chi connectivity index (χ0v) is 10.5. The lowest BCUT2D eigenvalue weighted by atomic mass is 10.3. The molecule has 0 atom stereocenters. The van der Waals surface area contributed by atoms with Crippen LogP contribution in [0, 0.1) is 0 Å². The smallest absolute Gasteiger partial charge is 0.411 e. The lowest BCUT2D eigenvalue weighted by Crippen LogP contribution is -2.20. The number of hydrogen-bond donors (Lipinski definition) is 1. The van der Waals surface area contributed by atoms with Gasteiger partial charge in [0.25, 0.3) is 0 Å². The van der Waals surface area contributed by atoms with Gasteiger partial charge in [0.2, 0.25) is 0 Å². The fourth-order valence-electron chi connectivity index (χ4n) is 1.19. The second-order valence-corrected chi connectivity index (χ2v) is 3.73. The van der Waals surface area contributed by atoms with E-state index in [9.17, 15) is 18.0 Å². The van der Waals surface area contributed by atoms with Crippen molar-refractivity contribution in [3.63, 3.8) is 0 Å². The maximum absolute atomic E-state index is 11.7. The number of nitrogens with two attached hydrogens (primary N) is 1. The van der Waals surface area contributed by atoms with E-state index in [0.29, 0.717) is 11.4 Å². The standard InChI is InChI=1S/C12H14F3NO4/c13-12(14,15)7-18-8-20-11(17)5-6-19-10-4-2-1-3-9(10)16/h1-4H,5-8,16H2. The molecule has 1 aromatic carbocycles. The van der Waals surface area contributed by atoms with Crippen LogP contribution in [0.1, 0.15) is 6.42 Å². The summed E-state index contributed by atoms with van der Waals surface area (Å²) in [6, 6.07) is 6.72. The average molecular weight is 293 g/mol. The third-order valence-corrected chi connectivity index (χ3v) is 2.05. The van der Waals surface area contributed by atoms with Gasteiger partial charge >= 0.3 is 12.1 Å². The van der Waals surface area contributed by atoms with E-state index >= 15 is 0 Å². The fraction of sp³-hybridized carbons (Fsp3) is 0.417. The van der Waals surface area contributed by atoms with E-state index in [-0.39, 0.29) is 13.0 Å². The highest BCUT2D eigenvalue weighted by Crippen LogP contribution is 2.19. The Hall–Kier alpha value is -1.96. The Balaban J connectivity index is 2.13. The van der Waals surface area contributed by atoms with Gasteiger partial charge in [-0.2, -0.15) is 13.2 Å². The van der Waals surface area contributed by atoms with Gasteiger partial charge in [0.15, 0.2) is 6.79 Å². The summed E-state index contributed by atoms with van der Waals surface area (Å²) in [7, 11) is 0. The van der Waals surface area contributed by atoms with Crippen LogP contribution in [0.2, 0.25) is 0 Å². The van der Waals surface area contributed by atoms with Gasteiger partial charge in [-0.3, -0.25) is 4.79 Å². The highest BCUT2D eigenvalue weighted by atomic mass is 19.4. The van der Waals surface area contributed by atoms with Gasteiger partial charge < -0.3 is 19.9 Å². The molecule has 1 aromatic rings. The molecular weight excluding hydrogens is 279 g/mol. The van der Waals surface area contributed by atoms with E-state index in [1.807, 2.05) is 0 Å². The van der Waals surface area contributed by atoms with E-state index in [4.69, 9.17) is 10.5 Å². The molecule has 112 valence electrons. The number of hydrogen-bond acceptors (Lipinski definition) is 5. The molecule has 1 rings (SSSR count). The van der Waals surface area contributed by atoms with Gasteiger partial charge in [-0.05, 0) is 12.1 Å². The number of benzene rings is 1. The van der Waals surface area contributed by atoms with Crippen molar-refractivity contribution in [3.8, 4) is 5.75 Å². The number of rotatable bonds is 7. The van der Waals surface area contributed by atoms with Crippen molar-refractivity contribution < 1.29 is 32.2 Å². The maximum Gasteiger partial charge on any atom is 0.411 e. The number of para-hydroxylation sites is 2. The highest BCUT2D eigenvalue weighted by Gasteiger charge is 2.27. The summed E-state index contributed by atoms with van der Waals surface area (Å²) in [5.74, 6) is -0.296. The van der Waals surface area contributed by atoms with Crippen LogP contribution in [0.4, 0.5) is 18.9 Å². The number of halogens is 3. The first kappa shape index (κ1) is 16.1. The maximum atomic E-state index is 11.7. The van der Waals surface area contributed by atoms with Crippen LogP contribution in [-0.2, 0) is 14.3 Å². The first-order chi connectivity index (χ1) is 9.38. The fourth-order valence-corrected chi connectivity index (χ4v) is 1.19. The van der Waals surface area contributed by atoms with E-state index < -0.39 is 25.5 Å². The molecule has 0 saturated carbocycles. The highest BCUT2D eigenvalue weighted by molar-refractivity contribution is 5.69. The third kappa shape index (κ3) is 6.83. The van der Waals surface area contributed by atoms with Gasteiger partial charge in [-0.25, -0.2) is 0 Å². The average Bonchev–Trinajstić information content (AvgIpc) is 2.36. The van der Waals surface area contributed by atoms with Gasteiger partial charge in [0.05, 0.1) is 18.7 Å². The molecule has 0 radical (unpaired) electrons. The largest absolute Gasteiger partial charge is 0.491 e. The molecule has 0 spiro atoms. The molecule has 0 aliphatic carbocycles. The van der Waals surface area contributed by atoms with Crippen LogP contribution in [0.25, 0.3) is 0 Å². The normalized spacial score (nSPS) is 11.2. The predicted molar refractivity (Wildman–Crippen MR) is 63.9 cm³/mol. The molecule has 0 fully saturated rings. The number of esters is 1. The number of alkyl halides is 3. The Morgan fingerprint density at radius 2 is 1.95 bits per heavy atom. The van der Waals surface area contributed by atoms with Crippen LogP contribution in [0.5, 0.6) is 5.75 Å². The van der Waals surface area contributed by atoms with E-state index in [1.54, 1.807) is 24.3 Å². The number of ether oxygens (including phenoxy) is 3. The topological polar surface area (TPSA) is 70.8 Å². The number of nitrogen functional groups attached to an aromatic ring is 1. The van der Waals surface area contributed by atoms with Crippen molar-refractivity contribution in [2.45, 2.75) is 12.6 Å². The summed E-state index contributed by atoms with van der Waals surface area (Å²) >= 11 is 0. The molecule has 0 amide bonds. The molecule has 0 aromatic heterocycles. The second-order valence-electron chi connectivity index (χ2n) is 3.73. The first-order valence-corrected chi connectivity index (χ1v) is 5.66. The Bertz CT molecular complexity index is 437. The Labute approximate surface area is 113 Å². The van der Waals surface area contributed by atoms with Crippen molar-refractivity contribution in [2.24, 2.45) is 0 Å². The SMILES string of the molecule is Nc1ccccc1OCCC(=O)OCOCC(F)(F)F. The third-order valence-electron chi connectivity index (χ3n) is 2.05. The minimum absolute atomic E-state index is 0.00627. The molecule has 5 nitrogen and oxygen atoms in total. The van der Waals surface area contributed by atoms with Gasteiger partial charge in [0.1, 0.15) is 12.4 Å². The Morgan fingerprint density at radius 3 is 2.60 bits per heavy atom. The van der Waals surface area contributed by atoms with E-state index in [1.165, 1.54) is 0 Å². The number of carbonyl (C=O) groups excluding carboxylic acids is 1. The zero-order chi connectivity index (χ0) is 15.0. The molecule has 8 heteroatoms. The summed E-state index contributed by atoms with van der Waals surface area (Å²) in [6.07, 6.45) is -4.57. The molecule has 0 heterocycles. The van der Waals surface area contributed by atoms with Crippen molar-refractivity contribution in [3.05, 3.63) is 24.3 Å². The second kappa shape index (κ2) is 7.59. The molecular formula is C12H14F3NO4. The van der Waals surface area contributed by atoms with Crippen molar-refractivity contribution in [1.29, 1.82) is 0 Å². The molecule has 0 aliphatic rings. The van der Waals surface area contributed by atoms with Crippen molar-refractivity contribution in [2.75, 3.05) is 25.7 Å². The zero-order valence-electron chi connectivity index (χ0n) is 10.5. The van der Waals surface area contributed by atoms with Crippen LogP contribution in [0.3, 0.4) is 0 Å². The molecule has 20 heavy (non-hydrogen) atoms. The Morgan fingerprint density at radius 1 is 1.25 bits per heavy atom. The van der Waals surface area contributed by atoms with Gasteiger partial charge in [0, 0.05) is 0 Å². The van der Waals surface area contributed by atoms with Crippen LogP contribution < -0.4 is 10.5 Å². The van der Waals surface area contributed by atoms with Crippen LogP contribution in [-0.4, -0.2) is 32.2 Å². The number of carbonyl (C=O) groups is 1. The van der Waals surface area contributed by atoms with Gasteiger partial charge in [-0.1, -0.05) is 12.1 Å². The lowest BCUT2D eigenvalue weighted by Gasteiger charge is -2.09. The first-order valence-electron chi connectivity index (χ1n) is 5.66. The summed E-state index contributed by atoms with van der Waals surface area (Å²) in [5, 5.41) is 0. The summed E-state index contributed by atoms with van der Waals surface area (Å²) in [6.45, 7) is -2.20. The Kier molecular flexibility index (Phi) is 6.10. The molecule has 0 aliphatic heterocycles. The molecule has 0 saturated heterocycles. The summed E-state index contributed by atoms with van der Waals surface area (Å²) in [4.78, 5) is 11.1.